The number of halogens is 3. The van der Waals surface area contributed by atoms with E-state index in [1.165, 1.54) is 24.3 Å². The number of aliphatic imine (C=N–C) groups is 1. The normalized spacial score (nSPS) is 23.7. The van der Waals surface area contributed by atoms with Crippen molar-refractivity contribution < 1.29 is 13.2 Å². The number of hydrogen-bond donors (Lipinski definition) is 2. The van der Waals surface area contributed by atoms with Gasteiger partial charge in [-0.2, -0.15) is 13.2 Å². The van der Waals surface area contributed by atoms with Gasteiger partial charge in [0.05, 0.1) is 13.1 Å². The van der Waals surface area contributed by atoms with Crippen LogP contribution < -0.4 is 10.6 Å². The molecule has 0 amide bonds. The Bertz CT molecular complexity index is 447. The minimum atomic E-state index is -4.09. The second-order valence-corrected chi connectivity index (χ2v) is 7.69. The summed E-state index contributed by atoms with van der Waals surface area (Å²) < 4.78 is 37.4. The average Bonchev–Trinajstić information content (AvgIpc) is 3.07. The highest BCUT2D eigenvalue weighted by atomic mass is 19.4. The number of likely N-dealkylation sites (tertiary alicyclic amines) is 2. The van der Waals surface area contributed by atoms with E-state index >= 15 is 0 Å². The van der Waals surface area contributed by atoms with Crippen molar-refractivity contribution in [1.29, 1.82) is 0 Å². The molecule has 8 heteroatoms. The molecular formula is C19H36F3N5. The van der Waals surface area contributed by atoms with Crippen molar-refractivity contribution in [3.8, 4) is 0 Å². The third-order valence-electron chi connectivity index (χ3n) is 5.66. The van der Waals surface area contributed by atoms with E-state index in [1.54, 1.807) is 0 Å². The summed E-state index contributed by atoms with van der Waals surface area (Å²) in [7, 11) is 0. The highest BCUT2D eigenvalue weighted by Gasteiger charge is 2.32. The van der Waals surface area contributed by atoms with Crippen LogP contribution in [0.4, 0.5) is 13.2 Å². The van der Waals surface area contributed by atoms with Crippen molar-refractivity contribution >= 4 is 5.96 Å². The van der Waals surface area contributed by atoms with Crippen LogP contribution in [0.3, 0.4) is 0 Å². The van der Waals surface area contributed by atoms with Crippen molar-refractivity contribution in [3.05, 3.63) is 0 Å². The minimum Gasteiger partial charge on any atom is -0.357 e. The van der Waals surface area contributed by atoms with Crippen molar-refractivity contribution in [2.24, 2.45) is 10.9 Å². The quantitative estimate of drug-likeness (QED) is 0.493. The Morgan fingerprint density at radius 1 is 1.07 bits per heavy atom. The van der Waals surface area contributed by atoms with Crippen LogP contribution in [-0.2, 0) is 0 Å². The molecule has 2 rings (SSSR count). The molecule has 2 saturated heterocycles. The van der Waals surface area contributed by atoms with E-state index < -0.39 is 12.7 Å². The van der Waals surface area contributed by atoms with E-state index in [0.717, 1.165) is 51.4 Å². The Balaban J connectivity index is 1.68. The predicted octanol–water partition coefficient (Wildman–Crippen LogP) is 2.69. The fourth-order valence-electron chi connectivity index (χ4n) is 4.14. The van der Waals surface area contributed by atoms with Crippen LogP contribution >= 0.6 is 0 Å². The summed E-state index contributed by atoms with van der Waals surface area (Å²) in [5, 5.41) is 6.70. The Morgan fingerprint density at radius 2 is 1.81 bits per heavy atom. The number of guanidine groups is 1. The summed E-state index contributed by atoms with van der Waals surface area (Å²) >= 11 is 0. The smallest absolute Gasteiger partial charge is 0.357 e. The molecule has 0 bridgehead atoms. The second kappa shape index (κ2) is 11.1. The van der Waals surface area contributed by atoms with Gasteiger partial charge in [-0.3, -0.25) is 14.8 Å². The van der Waals surface area contributed by atoms with E-state index in [4.69, 9.17) is 4.99 Å². The number of likely N-dealkylation sites (N-methyl/N-ethyl adjacent to an activating group) is 1. The van der Waals surface area contributed by atoms with Crippen LogP contribution in [0.15, 0.2) is 4.99 Å². The molecule has 158 valence electrons. The number of rotatable bonds is 8. The van der Waals surface area contributed by atoms with Gasteiger partial charge in [0.2, 0.25) is 0 Å². The Hall–Kier alpha value is -1.02. The maximum absolute atomic E-state index is 12.5. The van der Waals surface area contributed by atoms with E-state index in [-0.39, 0.29) is 0 Å². The van der Waals surface area contributed by atoms with Gasteiger partial charge < -0.3 is 10.6 Å². The topological polar surface area (TPSA) is 42.9 Å². The Morgan fingerprint density at radius 3 is 2.44 bits per heavy atom. The fraction of sp³-hybridized carbons (Fsp3) is 0.947. The zero-order valence-corrected chi connectivity index (χ0v) is 16.8. The molecule has 5 nitrogen and oxygen atoms in total. The molecule has 0 radical (unpaired) electrons. The molecule has 0 aliphatic carbocycles. The van der Waals surface area contributed by atoms with E-state index in [2.05, 4.69) is 29.4 Å². The summed E-state index contributed by atoms with van der Waals surface area (Å²) in [6.07, 6.45) is 1.06. The van der Waals surface area contributed by atoms with Crippen molar-refractivity contribution in [2.45, 2.75) is 58.2 Å². The zero-order chi connectivity index (χ0) is 19.7. The summed E-state index contributed by atoms with van der Waals surface area (Å²) in [5.74, 6) is 1.35. The van der Waals surface area contributed by atoms with Crippen molar-refractivity contribution in [3.63, 3.8) is 0 Å². The summed E-state index contributed by atoms with van der Waals surface area (Å²) in [4.78, 5) is 8.76. The molecule has 2 aliphatic heterocycles. The molecule has 1 atom stereocenters. The van der Waals surface area contributed by atoms with Gasteiger partial charge >= 0.3 is 6.18 Å². The van der Waals surface area contributed by atoms with Gasteiger partial charge in [0.25, 0.3) is 0 Å². The van der Waals surface area contributed by atoms with Gasteiger partial charge in [-0.25, -0.2) is 0 Å². The molecule has 2 N–H and O–H groups in total. The van der Waals surface area contributed by atoms with Gasteiger partial charge in [-0.05, 0) is 71.1 Å². The van der Waals surface area contributed by atoms with Gasteiger partial charge in [-0.1, -0.05) is 6.92 Å². The highest BCUT2D eigenvalue weighted by molar-refractivity contribution is 5.79. The van der Waals surface area contributed by atoms with Gasteiger partial charge in [0, 0.05) is 19.1 Å². The van der Waals surface area contributed by atoms with Crippen LogP contribution in [0.25, 0.3) is 0 Å². The third-order valence-corrected chi connectivity index (χ3v) is 5.66. The SMILES string of the molecule is CCNC(=NCC1CCCN1CC)NCCC1CCN(CC(F)(F)F)CC1. The third kappa shape index (κ3) is 8.25. The predicted molar refractivity (Wildman–Crippen MR) is 104 cm³/mol. The number of piperidine rings is 1. The lowest BCUT2D eigenvalue weighted by Gasteiger charge is -2.32. The zero-order valence-electron chi connectivity index (χ0n) is 16.8. The molecular weight excluding hydrogens is 355 g/mol. The van der Waals surface area contributed by atoms with Gasteiger partial charge in [0.15, 0.2) is 5.96 Å². The lowest BCUT2D eigenvalue weighted by atomic mass is 9.93. The fourth-order valence-corrected chi connectivity index (χ4v) is 4.14. The molecule has 0 aromatic carbocycles. The van der Waals surface area contributed by atoms with Gasteiger partial charge in [-0.15, -0.1) is 0 Å². The monoisotopic (exact) mass is 391 g/mol. The van der Waals surface area contributed by atoms with Crippen LogP contribution in [0.2, 0.25) is 0 Å². The number of nitrogens with one attached hydrogen (secondary N) is 2. The van der Waals surface area contributed by atoms with Crippen LogP contribution in [0.1, 0.15) is 46.0 Å². The maximum atomic E-state index is 12.5. The average molecular weight is 392 g/mol. The molecule has 0 aromatic rings. The van der Waals surface area contributed by atoms with Crippen molar-refractivity contribution in [2.75, 3.05) is 52.4 Å². The molecule has 0 aromatic heterocycles. The van der Waals surface area contributed by atoms with E-state index in [9.17, 15) is 13.2 Å². The number of hydrogen-bond acceptors (Lipinski definition) is 3. The lowest BCUT2D eigenvalue weighted by molar-refractivity contribution is -0.148. The summed E-state index contributed by atoms with van der Waals surface area (Å²) in [6.45, 7) is 9.30. The summed E-state index contributed by atoms with van der Waals surface area (Å²) in [5.41, 5.74) is 0. The maximum Gasteiger partial charge on any atom is 0.401 e. The number of alkyl halides is 3. The molecule has 1 unspecified atom stereocenters. The molecule has 2 heterocycles. The first-order valence-corrected chi connectivity index (χ1v) is 10.5. The molecule has 2 aliphatic rings. The largest absolute Gasteiger partial charge is 0.401 e. The van der Waals surface area contributed by atoms with Crippen LogP contribution in [-0.4, -0.2) is 80.3 Å². The van der Waals surface area contributed by atoms with Crippen molar-refractivity contribution in [1.82, 2.24) is 20.4 Å². The van der Waals surface area contributed by atoms with Crippen LogP contribution in [0, 0.1) is 5.92 Å². The first-order valence-electron chi connectivity index (χ1n) is 10.5. The standard InChI is InChI=1S/C19H36F3N5/c1-3-23-18(25-14-17-6-5-11-27(17)4-2)24-10-7-16-8-12-26(13-9-16)15-19(20,21)22/h16-17H,3-15H2,1-2H3,(H2,23,24,25). The number of nitrogens with zero attached hydrogens (tertiary/aromatic N) is 3. The second-order valence-electron chi connectivity index (χ2n) is 7.69. The first-order chi connectivity index (χ1) is 12.9. The molecule has 2 fully saturated rings. The summed E-state index contributed by atoms with van der Waals surface area (Å²) in [6, 6.07) is 0.545. The molecule has 0 spiro atoms. The van der Waals surface area contributed by atoms with E-state index in [0.29, 0.717) is 25.0 Å². The van der Waals surface area contributed by atoms with Crippen LogP contribution in [0.5, 0.6) is 0 Å². The highest BCUT2D eigenvalue weighted by Crippen LogP contribution is 2.24. The Kier molecular flexibility index (Phi) is 9.15. The minimum absolute atomic E-state index is 0.496. The molecule has 0 saturated carbocycles. The van der Waals surface area contributed by atoms with E-state index in [1.807, 2.05) is 0 Å². The first kappa shape index (κ1) is 22.3. The molecule has 27 heavy (non-hydrogen) atoms. The lowest BCUT2D eigenvalue weighted by Crippen LogP contribution is -2.42. The van der Waals surface area contributed by atoms with Gasteiger partial charge in [0.1, 0.15) is 0 Å². The Labute approximate surface area is 161 Å².